The van der Waals surface area contributed by atoms with Crippen LogP contribution in [0, 0.1) is 5.92 Å². The van der Waals surface area contributed by atoms with Crippen LogP contribution in [-0.2, 0) is 0 Å². The first-order valence-corrected chi connectivity index (χ1v) is 6.84. The number of methoxy groups -OCH3 is 1. The summed E-state index contributed by atoms with van der Waals surface area (Å²) in [6.45, 7) is 6.33. The maximum Gasteiger partial charge on any atom is 0.166 e. The molecule has 0 fully saturated rings. The minimum Gasteiger partial charge on any atom is -0.496 e. The number of para-hydroxylation sites is 1. The van der Waals surface area contributed by atoms with Gasteiger partial charge in [0.25, 0.3) is 0 Å². The van der Waals surface area contributed by atoms with Crippen molar-refractivity contribution in [3.05, 3.63) is 41.5 Å². The zero-order valence-corrected chi connectivity index (χ0v) is 12.4. The van der Waals surface area contributed by atoms with Gasteiger partial charge in [0.2, 0.25) is 0 Å². The summed E-state index contributed by atoms with van der Waals surface area (Å²) in [5, 5.41) is 0. The standard InChI is InChI=1S/C17H24O2/c1-13(2)8-7-9-14(3)12-16(18)15-10-5-6-11-17(15)19-4/h5-6,8,10-11,14H,7,9,12H2,1-4H3. The van der Waals surface area contributed by atoms with E-state index >= 15 is 0 Å². The molecule has 0 aliphatic rings. The Hall–Kier alpha value is -1.57. The van der Waals surface area contributed by atoms with Crippen molar-refractivity contribution in [1.29, 1.82) is 0 Å². The molecular formula is C17H24O2. The molecule has 0 bridgehead atoms. The van der Waals surface area contributed by atoms with Crippen LogP contribution in [0.2, 0.25) is 0 Å². The molecule has 0 aliphatic carbocycles. The maximum absolute atomic E-state index is 12.2. The highest BCUT2D eigenvalue weighted by atomic mass is 16.5. The Labute approximate surface area is 116 Å². The first-order valence-electron chi connectivity index (χ1n) is 6.84. The fraction of sp³-hybridized carbons (Fsp3) is 0.471. The van der Waals surface area contributed by atoms with Crippen LogP contribution in [0.25, 0.3) is 0 Å². The number of carbonyl (C=O) groups is 1. The van der Waals surface area contributed by atoms with Crippen molar-refractivity contribution in [3.8, 4) is 5.75 Å². The third-order valence-corrected chi connectivity index (χ3v) is 3.15. The first kappa shape index (κ1) is 15.5. The molecule has 104 valence electrons. The van der Waals surface area contributed by atoms with Crippen LogP contribution in [-0.4, -0.2) is 12.9 Å². The Bertz CT molecular complexity index is 442. The quantitative estimate of drug-likeness (QED) is 0.527. The summed E-state index contributed by atoms with van der Waals surface area (Å²) in [5.41, 5.74) is 2.03. The van der Waals surface area contributed by atoms with Crippen LogP contribution >= 0.6 is 0 Å². The normalized spacial score (nSPS) is 11.8. The van der Waals surface area contributed by atoms with Crippen LogP contribution < -0.4 is 4.74 Å². The van der Waals surface area contributed by atoms with Gasteiger partial charge in [-0.3, -0.25) is 4.79 Å². The molecule has 0 amide bonds. The van der Waals surface area contributed by atoms with E-state index in [4.69, 9.17) is 4.74 Å². The smallest absolute Gasteiger partial charge is 0.166 e. The number of ketones is 1. The number of rotatable bonds is 7. The van der Waals surface area contributed by atoms with Gasteiger partial charge in [0.15, 0.2) is 5.78 Å². The largest absolute Gasteiger partial charge is 0.496 e. The van der Waals surface area contributed by atoms with E-state index in [2.05, 4.69) is 26.8 Å². The average Bonchev–Trinajstić information content (AvgIpc) is 2.38. The van der Waals surface area contributed by atoms with Crippen molar-refractivity contribution in [3.63, 3.8) is 0 Å². The number of Topliss-reactive ketones (excluding diaryl/α,β-unsaturated/α-hetero) is 1. The Balaban J connectivity index is 2.57. The lowest BCUT2D eigenvalue weighted by molar-refractivity contribution is 0.0960. The van der Waals surface area contributed by atoms with Gasteiger partial charge in [0.05, 0.1) is 12.7 Å². The van der Waals surface area contributed by atoms with Crippen molar-refractivity contribution in [2.24, 2.45) is 5.92 Å². The molecule has 1 rings (SSSR count). The van der Waals surface area contributed by atoms with Crippen molar-refractivity contribution >= 4 is 5.78 Å². The first-order chi connectivity index (χ1) is 9.04. The lowest BCUT2D eigenvalue weighted by Gasteiger charge is -2.11. The highest BCUT2D eigenvalue weighted by Crippen LogP contribution is 2.22. The predicted molar refractivity (Wildman–Crippen MR) is 79.8 cm³/mol. The molecule has 0 saturated carbocycles. The fourth-order valence-electron chi connectivity index (χ4n) is 2.06. The van der Waals surface area contributed by atoms with Gasteiger partial charge in [-0.2, -0.15) is 0 Å². The number of ether oxygens (including phenoxy) is 1. The molecule has 1 unspecified atom stereocenters. The molecule has 0 heterocycles. The summed E-state index contributed by atoms with van der Waals surface area (Å²) in [6, 6.07) is 7.43. The van der Waals surface area contributed by atoms with Crippen LogP contribution in [0.3, 0.4) is 0 Å². The van der Waals surface area contributed by atoms with Gasteiger partial charge in [-0.25, -0.2) is 0 Å². The minimum atomic E-state index is 0.169. The second-order valence-electron chi connectivity index (χ2n) is 5.29. The highest BCUT2D eigenvalue weighted by molar-refractivity contribution is 5.98. The molecule has 0 aliphatic heterocycles. The molecule has 0 radical (unpaired) electrons. The summed E-state index contributed by atoms with van der Waals surface area (Å²) in [4.78, 5) is 12.2. The molecule has 0 saturated heterocycles. The van der Waals surface area contributed by atoms with Crippen molar-refractivity contribution in [2.75, 3.05) is 7.11 Å². The SMILES string of the molecule is COc1ccccc1C(=O)CC(C)CCC=C(C)C. The van der Waals surface area contributed by atoms with Gasteiger partial charge in [0, 0.05) is 6.42 Å². The van der Waals surface area contributed by atoms with E-state index in [1.807, 2.05) is 24.3 Å². The zero-order valence-electron chi connectivity index (χ0n) is 12.4. The summed E-state index contributed by atoms with van der Waals surface area (Å²) in [7, 11) is 1.60. The Kier molecular flexibility index (Phi) is 6.34. The molecule has 19 heavy (non-hydrogen) atoms. The van der Waals surface area contributed by atoms with E-state index in [1.165, 1.54) is 5.57 Å². The van der Waals surface area contributed by atoms with E-state index in [0.29, 0.717) is 23.7 Å². The van der Waals surface area contributed by atoms with Gasteiger partial charge in [0.1, 0.15) is 5.75 Å². The van der Waals surface area contributed by atoms with E-state index in [0.717, 1.165) is 12.8 Å². The molecular weight excluding hydrogens is 236 g/mol. The van der Waals surface area contributed by atoms with Crippen LogP contribution in [0.4, 0.5) is 0 Å². The van der Waals surface area contributed by atoms with Gasteiger partial charge in [-0.05, 0) is 44.7 Å². The summed E-state index contributed by atoms with van der Waals surface area (Å²) < 4.78 is 5.23. The monoisotopic (exact) mass is 260 g/mol. The molecule has 0 N–H and O–H groups in total. The third-order valence-electron chi connectivity index (χ3n) is 3.15. The topological polar surface area (TPSA) is 26.3 Å². The zero-order chi connectivity index (χ0) is 14.3. The Morgan fingerprint density at radius 1 is 1.32 bits per heavy atom. The molecule has 0 aromatic heterocycles. The lowest BCUT2D eigenvalue weighted by Crippen LogP contribution is -2.07. The number of hydrogen-bond donors (Lipinski definition) is 0. The second-order valence-corrected chi connectivity index (χ2v) is 5.29. The van der Waals surface area contributed by atoms with E-state index in [9.17, 15) is 4.79 Å². The fourth-order valence-corrected chi connectivity index (χ4v) is 2.06. The minimum absolute atomic E-state index is 0.169. The van der Waals surface area contributed by atoms with Crippen molar-refractivity contribution in [1.82, 2.24) is 0 Å². The van der Waals surface area contributed by atoms with Gasteiger partial charge < -0.3 is 4.74 Å². The van der Waals surface area contributed by atoms with E-state index < -0.39 is 0 Å². The maximum atomic E-state index is 12.2. The number of hydrogen-bond acceptors (Lipinski definition) is 2. The number of allylic oxidation sites excluding steroid dienone is 2. The number of benzene rings is 1. The van der Waals surface area contributed by atoms with Gasteiger partial charge >= 0.3 is 0 Å². The summed E-state index contributed by atoms with van der Waals surface area (Å²) >= 11 is 0. The third kappa shape index (κ3) is 5.29. The molecule has 1 aromatic carbocycles. The van der Waals surface area contributed by atoms with Crippen molar-refractivity contribution in [2.45, 2.75) is 40.0 Å². The number of carbonyl (C=O) groups excluding carboxylic acids is 1. The molecule has 0 spiro atoms. The van der Waals surface area contributed by atoms with Gasteiger partial charge in [-0.15, -0.1) is 0 Å². The average molecular weight is 260 g/mol. The van der Waals surface area contributed by atoms with Crippen molar-refractivity contribution < 1.29 is 9.53 Å². The van der Waals surface area contributed by atoms with E-state index in [-0.39, 0.29) is 5.78 Å². The van der Waals surface area contributed by atoms with Gasteiger partial charge in [-0.1, -0.05) is 30.7 Å². The van der Waals surface area contributed by atoms with E-state index in [1.54, 1.807) is 7.11 Å². The van der Waals surface area contributed by atoms with Crippen LogP contribution in [0.1, 0.15) is 50.4 Å². The summed E-state index contributed by atoms with van der Waals surface area (Å²) in [5.74, 6) is 1.24. The molecule has 1 aromatic rings. The van der Waals surface area contributed by atoms with Crippen LogP contribution in [0.5, 0.6) is 5.75 Å². The second kappa shape index (κ2) is 7.78. The molecule has 1 atom stereocenters. The Morgan fingerprint density at radius 2 is 2.00 bits per heavy atom. The lowest BCUT2D eigenvalue weighted by atomic mass is 9.95. The molecule has 2 nitrogen and oxygen atoms in total. The van der Waals surface area contributed by atoms with Crippen LogP contribution in [0.15, 0.2) is 35.9 Å². The molecule has 2 heteroatoms. The Morgan fingerprint density at radius 3 is 2.63 bits per heavy atom. The predicted octanol–water partition coefficient (Wildman–Crippen LogP) is 4.65. The highest BCUT2D eigenvalue weighted by Gasteiger charge is 2.14. The summed E-state index contributed by atoms with van der Waals surface area (Å²) in [6.07, 6.45) is 4.90.